The van der Waals surface area contributed by atoms with E-state index in [4.69, 9.17) is 11.6 Å². The Bertz CT molecular complexity index is 960. The first-order valence-electron chi connectivity index (χ1n) is 6.95. The second-order valence-electron chi connectivity index (χ2n) is 4.93. The van der Waals surface area contributed by atoms with Gasteiger partial charge in [-0.2, -0.15) is 0 Å². The highest BCUT2D eigenvalue weighted by atomic mass is 35.5. The fourth-order valence-electron chi connectivity index (χ4n) is 2.10. The van der Waals surface area contributed by atoms with Crippen LogP contribution in [0.2, 0.25) is 5.02 Å². The minimum Gasteiger partial charge on any atom is -0.508 e. The van der Waals surface area contributed by atoms with Crippen LogP contribution >= 0.6 is 11.6 Å². The summed E-state index contributed by atoms with van der Waals surface area (Å²) in [4.78, 5) is 18.9. The third-order valence-electron chi connectivity index (χ3n) is 3.21. The maximum Gasteiger partial charge on any atom is 0.274 e. The van der Waals surface area contributed by atoms with Crippen LogP contribution in [0.25, 0.3) is 23.2 Å². The molecule has 4 nitrogen and oxygen atoms in total. The van der Waals surface area contributed by atoms with Crippen LogP contribution in [0.4, 0.5) is 0 Å². The van der Waals surface area contributed by atoms with Crippen molar-refractivity contribution in [3.8, 4) is 0 Å². The molecule has 114 valence electrons. The number of hydrogen-bond donors (Lipinski definition) is 2. The first-order chi connectivity index (χ1) is 11.1. The van der Waals surface area contributed by atoms with Crippen LogP contribution in [0.15, 0.2) is 65.2 Å². The van der Waals surface area contributed by atoms with Gasteiger partial charge < -0.3 is 10.1 Å². The number of hydrogen-bond acceptors (Lipinski definition) is 3. The molecule has 0 saturated heterocycles. The standard InChI is InChI=1S/C18H13ClN2O2/c19-13-7-9-15-16(10-13)21-18(23)17(20-15)11-14(22)8-6-12-4-2-1-3-5-12/h1-11,22H,(H,21,23)/b8-6+,14-11?. The lowest BCUT2D eigenvalue weighted by atomic mass is 10.2. The number of rotatable bonds is 3. The molecule has 0 saturated carbocycles. The monoisotopic (exact) mass is 324 g/mol. The number of nitrogens with one attached hydrogen (secondary N) is 1. The zero-order chi connectivity index (χ0) is 16.2. The topological polar surface area (TPSA) is 66.0 Å². The van der Waals surface area contributed by atoms with E-state index in [2.05, 4.69) is 9.97 Å². The number of allylic oxidation sites excluding steroid dienone is 1. The fourth-order valence-corrected chi connectivity index (χ4v) is 2.28. The zero-order valence-electron chi connectivity index (χ0n) is 12.0. The quantitative estimate of drug-likeness (QED) is 0.561. The molecule has 3 rings (SSSR count). The van der Waals surface area contributed by atoms with Gasteiger partial charge >= 0.3 is 0 Å². The van der Waals surface area contributed by atoms with E-state index in [0.717, 1.165) is 5.56 Å². The number of fused-ring (bicyclic) bond motifs is 1. The Labute approximate surface area is 137 Å². The fraction of sp³-hybridized carbons (Fsp3) is 0. The molecule has 0 spiro atoms. The lowest BCUT2D eigenvalue weighted by Crippen LogP contribution is -2.12. The van der Waals surface area contributed by atoms with Crippen LogP contribution in [0.1, 0.15) is 11.3 Å². The van der Waals surface area contributed by atoms with Crippen LogP contribution in [-0.2, 0) is 0 Å². The third-order valence-corrected chi connectivity index (χ3v) is 3.45. The lowest BCUT2D eigenvalue weighted by Gasteiger charge is -2.00. The van der Waals surface area contributed by atoms with Crippen molar-refractivity contribution in [3.63, 3.8) is 0 Å². The van der Waals surface area contributed by atoms with Gasteiger partial charge in [0.25, 0.3) is 5.56 Å². The Morgan fingerprint density at radius 1 is 1.17 bits per heavy atom. The summed E-state index contributed by atoms with van der Waals surface area (Å²) in [5, 5.41) is 10.5. The molecule has 2 N–H and O–H groups in total. The average molecular weight is 325 g/mol. The normalized spacial score (nSPS) is 12.1. The van der Waals surface area contributed by atoms with Crippen molar-refractivity contribution in [2.45, 2.75) is 0 Å². The molecular formula is C18H13ClN2O2. The molecule has 0 fully saturated rings. The smallest absolute Gasteiger partial charge is 0.274 e. The van der Waals surface area contributed by atoms with E-state index >= 15 is 0 Å². The highest BCUT2D eigenvalue weighted by Gasteiger charge is 2.04. The Balaban J connectivity index is 1.93. The molecule has 0 aliphatic heterocycles. The van der Waals surface area contributed by atoms with Crippen LogP contribution in [-0.4, -0.2) is 15.1 Å². The molecular weight excluding hydrogens is 312 g/mol. The van der Waals surface area contributed by atoms with E-state index in [1.807, 2.05) is 30.3 Å². The average Bonchev–Trinajstić information content (AvgIpc) is 2.55. The van der Waals surface area contributed by atoms with Crippen molar-refractivity contribution >= 4 is 34.8 Å². The van der Waals surface area contributed by atoms with Gasteiger partial charge in [0.15, 0.2) is 0 Å². The van der Waals surface area contributed by atoms with Gasteiger partial charge in [-0.05, 0) is 29.8 Å². The van der Waals surface area contributed by atoms with E-state index < -0.39 is 0 Å². The molecule has 0 amide bonds. The second-order valence-corrected chi connectivity index (χ2v) is 5.36. The minimum absolute atomic E-state index is 0.0554. The molecule has 0 radical (unpaired) electrons. The summed E-state index contributed by atoms with van der Waals surface area (Å²) in [7, 11) is 0. The number of aromatic nitrogens is 2. The number of halogens is 1. The molecule has 1 heterocycles. The number of aromatic amines is 1. The Morgan fingerprint density at radius 2 is 1.96 bits per heavy atom. The van der Waals surface area contributed by atoms with Gasteiger partial charge in [0.2, 0.25) is 0 Å². The predicted octanol–water partition coefficient (Wildman–Crippen LogP) is 4.19. The van der Waals surface area contributed by atoms with Crippen molar-refractivity contribution in [3.05, 3.63) is 87.0 Å². The van der Waals surface area contributed by atoms with E-state index in [-0.39, 0.29) is 17.0 Å². The Hall–Kier alpha value is -2.85. The molecule has 23 heavy (non-hydrogen) atoms. The van der Waals surface area contributed by atoms with Gasteiger partial charge in [-0.3, -0.25) is 4.79 Å². The third kappa shape index (κ3) is 3.67. The number of H-pyrrole nitrogens is 1. The van der Waals surface area contributed by atoms with Crippen molar-refractivity contribution in [2.75, 3.05) is 0 Å². The van der Waals surface area contributed by atoms with Crippen LogP contribution < -0.4 is 5.56 Å². The molecule has 1 aromatic heterocycles. The first-order valence-corrected chi connectivity index (χ1v) is 7.33. The summed E-state index contributed by atoms with van der Waals surface area (Å²) in [5.74, 6) is -0.0554. The molecule has 2 aromatic carbocycles. The molecule has 0 unspecified atom stereocenters. The van der Waals surface area contributed by atoms with Crippen molar-refractivity contribution in [1.29, 1.82) is 0 Å². The van der Waals surface area contributed by atoms with Crippen LogP contribution in [0.5, 0.6) is 0 Å². The van der Waals surface area contributed by atoms with Gasteiger partial charge in [-0.15, -0.1) is 0 Å². The largest absolute Gasteiger partial charge is 0.508 e. The summed E-state index contributed by atoms with van der Waals surface area (Å²) in [6, 6.07) is 14.6. The van der Waals surface area contributed by atoms with Crippen molar-refractivity contribution in [1.82, 2.24) is 9.97 Å². The van der Waals surface area contributed by atoms with Crippen LogP contribution in [0.3, 0.4) is 0 Å². The van der Waals surface area contributed by atoms with E-state index in [9.17, 15) is 9.90 Å². The SMILES string of the molecule is O=c1[nH]c2cc(Cl)ccc2nc1C=C(O)/C=C/c1ccccc1. The summed E-state index contributed by atoms with van der Waals surface area (Å²) >= 11 is 5.88. The summed E-state index contributed by atoms with van der Waals surface area (Å²) in [5.41, 5.74) is 1.84. The Morgan fingerprint density at radius 3 is 2.74 bits per heavy atom. The molecule has 0 aliphatic rings. The number of aliphatic hydroxyl groups is 1. The van der Waals surface area contributed by atoms with Gasteiger partial charge in [0.05, 0.1) is 11.0 Å². The lowest BCUT2D eigenvalue weighted by molar-refractivity contribution is 0.438. The predicted molar refractivity (Wildman–Crippen MR) is 93.5 cm³/mol. The van der Waals surface area contributed by atoms with E-state index in [0.29, 0.717) is 16.1 Å². The minimum atomic E-state index is -0.389. The van der Waals surface area contributed by atoms with Gasteiger partial charge in [-0.1, -0.05) is 48.0 Å². The number of benzene rings is 2. The van der Waals surface area contributed by atoms with Crippen LogP contribution in [0, 0.1) is 0 Å². The Kier molecular flexibility index (Phi) is 4.26. The van der Waals surface area contributed by atoms with Gasteiger partial charge in [0, 0.05) is 11.1 Å². The molecule has 0 aliphatic carbocycles. The molecule has 0 atom stereocenters. The highest BCUT2D eigenvalue weighted by Crippen LogP contribution is 2.15. The zero-order valence-corrected chi connectivity index (χ0v) is 12.8. The molecule has 0 bridgehead atoms. The van der Waals surface area contributed by atoms with Crippen molar-refractivity contribution in [2.24, 2.45) is 0 Å². The first kappa shape index (κ1) is 15.1. The number of aliphatic hydroxyl groups excluding tert-OH is 1. The maximum absolute atomic E-state index is 12.0. The molecule has 3 aromatic rings. The van der Waals surface area contributed by atoms with Gasteiger partial charge in [-0.25, -0.2) is 4.98 Å². The van der Waals surface area contributed by atoms with E-state index in [1.54, 1.807) is 24.3 Å². The highest BCUT2D eigenvalue weighted by molar-refractivity contribution is 6.31. The summed E-state index contributed by atoms with van der Waals surface area (Å²) < 4.78 is 0. The summed E-state index contributed by atoms with van der Waals surface area (Å²) in [6.45, 7) is 0. The maximum atomic E-state index is 12.0. The number of nitrogens with zero attached hydrogens (tertiary/aromatic N) is 1. The van der Waals surface area contributed by atoms with E-state index in [1.165, 1.54) is 12.2 Å². The second kappa shape index (κ2) is 6.50. The summed E-state index contributed by atoms with van der Waals surface area (Å²) in [6.07, 6.45) is 4.59. The molecule has 5 heteroatoms. The van der Waals surface area contributed by atoms with Gasteiger partial charge in [0.1, 0.15) is 11.5 Å². The van der Waals surface area contributed by atoms with Crippen molar-refractivity contribution < 1.29 is 5.11 Å².